The van der Waals surface area contributed by atoms with Crippen molar-refractivity contribution in [1.82, 2.24) is 20.0 Å². The molecule has 0 saturated carbocycles. The number of rotatable bonds is 6. The van der Waals surface area contributed by atoms with E-state index in [2.05, 4.69) is 21.5 Å². The van der Waals surface area contributed by atoms with Crippen molar-refractivity contribution in [3.8, 4) is 0 Å². The first kappa shape index (κ1) is 17.9. The molecule has 1 N–H and O–H groups in total. The molecule has 6 heteroatoms. The Hall–Kier alpha value is -1.43. The molecule has 1 unspecified atom stereocenters. The Morgan fingerprint density at radius 3 is 2.74 bits per heavy atom. The largest absolute Gasteiger partial charge is 0.318 e. The summed E-state index contributed by atoms with van der Waals surface area (Å²) < 4.78 is 14.8. The average Bonchev–Trinajstić information content (AvgIpc) is 3.13. The summed E-state index contributed by atoms with van der Waals surface area (Å²) in [5.74, 6) is -0.200. The van der Waals surface area contributed by atoms with Gasteiger partial charge in [0.05, 0.1) is 12.7 Å². The molecule has 126 valence electrons. The number of halogens is 2. The van der Waals surface area contributed by atoms with Gasteiger partial charge >= 0.3 is 0 Å². The van der Waals surface area contributed by atoms with Crippen LogP contribution < -0.4 is 5.32 Å². The second-order valence-electron chi connectivity index (χ2n) is 6.00. The monoisotopic (exact) mass is 338 g/mol. The van der Waals surface area contributed by atoms with Crippen LogP contribution in [0.3, 0.4) is 0 Å². The summed E-state index contributed by atoms with van der Waals surface area (Å²) >= 11 is 0. The van der Waals surface area contributed by atoms with Crippen molar-refractivity contribution in [3.05, 3.63) is 53.6 Å². The first-order valence-electron chi connectivity index (χ1n) is 7.89. The van der Waals surface area contributed by atoms with Gasteiger partial charge in [0.2, 0.25) is 0 Å². The number of hydrogen-bond donors (Lipinski definition) is 1. The molecule has 2 aromatic rings. The molecular weight excluding hydrogens is 315 g/mol. The molecule has 0 radical (unpaired) electrons. The molecule has 1 saturated heterocycles. The fraction of sp³-hybridized carbons (Fsp3) is 0.471. The molecule has 1 atom stereocenters. The summed E-state index contributed by atoms with van der Waals surface area (Å²) in [5.41, 5.74) is 2.30. The molecule has 1 aromatic heterocycles. The molecule has 23 heavy (non-hydrogen) atoms. The summed E-state index contributed by atoms with van der Waals surface area (Å²) in [6, 6.07) is 7.23. The van der Waals surface area contributed by atoms with Gasteiger partial charge in [-0.25, -0.2) is 4.39 Å². The fourth-order valence-corrected chi connectivity index (χ4v) is 3.16. The number of nitrogens with zero attached hydrogens (tertiary/aromatic N) is 3. The van der Waals surface area contributed by atoms with Gasteiger partial charge in [-0.05, 0) is 44.1 Å². The number of aromatic nitrogens is 2. The molecule has 4 nitrogen and oxygen atoms in total. The average molecular weight is 339 g/mol. The van der Waals surface area contributed by atoms with Crippen LogP contribution in [0, 0.1) is 5.82 Å². The van der Waals surface area contributed by atoms with Gasteiger partial charge in [0.1, 0.15) is 5.82 Å². The van der Waals surface area contributed by atoms with Crippen LogP contribution in [0.25, 0.3) is 0 Å². The third kappa shape index (κ3) is 4.77. The smallest absolute Gasteiger partial charge is 0.123 e. The molecule has 1 fully saturated rings. The molecular formula is C17H24ClFN4. The predicted octanol–water partition coefficient (Wildman–Crippen LogP) is 2.68. The van der Waals surface area contributed by atoms with Gasteiger partial charge < -0.3 is 5.32 Å². The Morgan fingerprint density at radius 1 is 1.22 bits per heavy atom. The Bertz CT molecular complexity index is 599. The van der Waals surface area contributed by atoms with Gasteiger partial charge in [-0.2, -0.15) is 5.10 Å². The highest BCUT2D eigenvalue weighted by Gasteiger charge is 2.23. The second-order valence-corrected chi connectivity index (χ2v) is 6.00. The molecule has 0 amide bonds. The maximum atomic E-state index is 12.9. The van der Waals surface area contributed by atoms with E-state index in [-0.39, 0.29) is 18.2 Å². The lowest BCUT2D eigenvalue weighted by atomic mass is 10.2. The van der Waals surface area contributed by atoms with Gasteiger partial charge in [-0.15, -0.1) is 12.4 Å². The highest BCUT2D eigenvalue weighted by Crippen LogP contribution is 2.19. The third-order valence-corrected chi connectivity index (χ3v) is 4.27. The van der Waals surface area contributed by atoms with Crippen LogP contribution in [0.4, 0.5) is 4.39 Å². The Labute approximate surface area is 143 Å². The van der Waals surface area contributed by atoms with Crippen LogP contribution in [0.1, 0.15) is 24.0 Å². The number of nitrogens with one attached hydrogen (secondary N) is 1. The predicted molar refractivity (Wildman–Crippen MR) is 92.3 cm³/mol. The normalized spacial score (nSPS) is 18.1. The van der Waals surface area contributed by atoms with E-state index in [0.29, 0.717) is 12.6 Å². The van der Waals surface area contributed by atoms with E-state index < -0.39 is 0 Å². The summed E-state index contributed by atoms with van der Waals surface area (Å²) in [4.78, 5) is 2.52. The van der Waals surface area contributed by atoms with Gasteiger partial charge in [0.25, 0.3) is 0 Å². The summed E-state index contributed by atoms with van der Waals surface area (Å²) in [6.07, 6.45) is 6.58. The zero-order chi connectivity index (χ0) is 15.4. The van der Waals surface area contributed by atoms with Crippen molar-refractivity contribution in [2.75, 3.05) is 20.1 Å². The van der Waals surface area contributed by atoms with Crippen molar-refractivity contribution < 1.29 is 4.39 Å². The lowest BCUT2D eigenvalue weighted by molar-refractivity contribution is 0.242. The van der Waals surface area contributed by atoms with Gasteiger partial charge in [0, 0.05) is 30.9 Å². The quantitative estimate of drug-likeness (QED) is 0.879. The maximum Gasteiger partial charge on any atom is 0.123 e. The minimum absolute atomic E-state index is 0. The molecule has 0 bridgehead atoms. The summed E-state index contributed by atoms with van der Waals surface area (Å²) in [7, 11) is 2.01. The third-order valence-electron chi connectivity index (χ3n) is 4.27. The molecule has 1 aliphatic heterocycles. The number of hydrogen-bond acceptors (Lipinski definition) is 3. The Morgan fingerprint density at radius 2 is 2.00 bits per heavy atom. The zero-order valence-corrected chi connectivity index (χ0v) is 14.2. The zero-order valence-electron chi connectivity index (χ0n) is 13.4. The highest BCUT2D eigenvalue weighted by atomic mass is 35.5. The molecule has 0 spiro atoms. The number of likely N-dealkylation sites (tertiary alicyclic amines) is 1. The van der Waals surface area contributed by atoms with Crippen molar-refractivity contribution in [3.63, 3.8) is 0 Å². The van der Waals surface area contributed by atoms with E-state index in [1.807, 2.05) is 17.9 Å². The summed E-state index contributed by atoms with van der Waals surface area (Å²) in [6.45, 7) is 3.84. The first-order valence-corrected chi connectivity index (χ1v) is 7.89. The fourth-order valence-electron chi connectivity index (χ4n) is 3.16. The Balaban J connectivity index is 0.00000192. The van der Waals surface area contributed by atoms with E-state index in [1.54, 1.807) is 12.1 Å². The lowest BCUT2D eigenvalue weighted by Gasteiger charge is -2.23. The van der Waals surface area contributed by atoms with E-state index in [4.69, 9.17) is 0 Å². The van der Waals surface area contributed by atoms with Crippen LogP contribution in [-0.4, -0.2) is 40.9 Å². The lowest BCUT2D eigenvalue weighted by Crippen LogP contribution is -2.36. The number of likely N-dealkylation sites (N-methyl/N-ethyl adjacent to an activating group) is 1. The van der Waals surface area contributed by atoms with Crippen molar-refractivity contribution in [2.45, 2.75) is 32.0 Å². The van der Waals surface area contributed by atoms with Crippen LogP contribution in [-0.2, 0) is 13.1 Å². The topological polar surface area (TPSA) is 33.1 Å². The molecule has 2 heterocycles. The van der Waals surface area contributed by atoms with Gasteiger partial charge in [-0.1, -0.05) is 12.1 Å². The molecule has 3 rings (SSSR count). The number of benzene rings is 1. The first-order chi connectivity index (χ1) is 10.7. The van der Waals surface area contributed by atoms with E-state index in [1.165, 1.54) is 30.5 Å². The van der Waals surface area contributed by atoms with Crippen LogP contribution >= 0.6 is 12.4 Å². The van der Waals surface area contributed by atoms with Crippen molar-refractivity contribution in [2.24, 2.45) is 0 Å². The second kappa shape index (κ2) is 8.43. The van der Waals surface area contributed by atoms with Crippen LogP contribution in [0.15, 0.2) is 36.7 Å². The Kier molecular flexibility index (Phi) is 6.57. The summed E-state index contributed by atoms with van der Waals surface area (Å²) in [5, 5.41) is 7.70. The molecule has 1 aliphatic rings. The van der Waals surface area contributed by atoms with Gasteiger partial charge in [0.15, 0.2) is 0 Å². The van der Waals surface area contributed by atoms with E-state index >= 15 is 0 Å². The van der Waals surface area contributed by atoms with Crippen LogP contribution in [0.5, 0.6) is 0 Å². The van der Waals surface area contributed by atoms with Crippen LogP contribution in [0.2, 0.25) is 0 Å². The van der Waals surface area contributed by atoms with Crippen molar-refractivity contribution >= 4 is 12.4 Å². The standard InChI is InChI=1S/C17H23FN4.ClH/c1-19-10-17-3-2-8-21(17)11-15-9-20-22(13-15)12-14-4-6-16(18)7-5-14;/h4-7,9,13,17,19H,2-3,8,10-12H2,1H3;1H. The van der Waals surface area contributed by atoms with E-state index in [0.717, 1.165) is 25.2 Å². The van der Waals surface area contributed by atoms with Crippen molar-refractivity contribution in [1.29, 1.82) is 0 Å². The minimum Gasteiger partial charge on any atom is -0.318 e. The highest BCUT2D eigenvalue weighted by molar-refractivity contribution is 5.85. The SMILES string of the molecule is CNCC1CCCN1Cc1cnn(Cc2ccc(F)cc2)c1.Cl. The van der Waals surface area contributed by atoms with Gasteiger partial charge in [-0.3, -0.25) is 9.58 Å². The minimum atomic E-state index is -0.200. The molecule has 1 aromatic carbocycles. The van der Waals surface area contributed by atoms with E-state index in [9.17, 15) is 4.39 Å². The molecule has 0 aliphatic carbocycles. The maximum absolute atomic E-state index is 12.9.